The van der Waals surface area contributed by atoms with Gasteiger partial charge < -0.3 is 19.4 Å². The predicted molar refractivity (Wildman–Crippen MR) is 113 cm³/mol. The molecule has 0 aromatic carbocycles. The van der Waals surface area contributed by atoms with E-state index in [1.54, 1.807) is 13.1 Å². The number of carbonyl (C=O) groups is 2. The van der Waals surface area contributed by atoms with Crippen molar-refractivity contribution in [3.63, 3.8) is 0 Å². The Kier molecular flexibility index (Phi) is 6.46. The highest BCUT2D eigenvalue weighted by Crippen LogP contribution is 2.49. The third kappa shape index (κ3) is 4.02. The van der Waals surface area contributed by atoms with Gasteiger partial charge in [0.25, 0.3) is 0 Å². The summed E-state index contributed by atoms with van der Waals surface area (Å²) in [6.07, 6.45) is 5.82. The van der Waals surface area contributed by atoms with Crippen LogP contribution in [-0.2, 0) is 20.9 Å². The molecule has 2 amide bonds. The number of rotatable bonds is 8. The van der Waals surface area contributed by atoms with Gasteiger partial charge >= 0.3 is 0 Å². The van der Waals surface area contributed by atoms with Gasteiger partial charge in [-0.25, -0.2) is 0 Å². The molecule has 0 saturated carbocycles. The van der Waals surface area contributed by atoms with Gasteiger partial charge in [-0.3, -0.25) is 14.5 Å². The number of hydrogen-bond donors (Lipinski definition) is 2. The molecule has 2 saturated heterocycles. The minimum Gasteiger partial charge on any atom is -0.459 e. The SMILES string of the molecule is CCC/C(=C\c1ccc(CO)o1)CC[C@H]1OC[C@H]2C1=C(CO)C[C@H]1C(=O)N(C)C(=O)[C@H]12. The smallest absolute Gasteiger partial charge is 0.233 e. The lowest BCUT2D eigenvalue weighted by Gasteiger charge is -2.31. The van der Waals surface area contributed by atoms with Gasteiger partial charge in [0.1, 0.15) is 18.1 Å². The van der Waals surface area contributed by atoms with E-state index in [1.165, 1.54) is 10.5 Å². The minimum atomic E-state index is -0.369. The first-order chi connectivity index (χ1) is 15.0. The van der Waals surface area contributed by atoms with Crippen LogP contribution >= 0.6 is 0 Å². The van der Waals surface area contributed by atoms with Gasteiger partial charge in [0.05, 0.1) is 31.2 Å². The molecular formula is C24H31NO6. The van der Waals surface area contributed by atoms with Gasteiger partial charge in [-0.1, -0.05) is 18.9 Å². The summed E-state index contributed by atoms with van der Waals surface area (Å²) in [7, 11) is 1.55. The molecule has 2 N–H and O–H groups in total. The van der Waals surface area contributed by atoms with Crippen molar-refractivity contribution in [3.05, 3.63) is 40.4 Å². The highest BCUT2D eigenvalue weighted by Gasteiger charge is 2.55. The van der Waals surface area contributed by atoms with E-state index < -0.39 is 0 Å². The second-order valence-electron chi connectivity index (χ2n) is 8.77. The molecule has 1 aliphatic carbocycles. The number of hydrogen-bond acceptors (Lipinski definition) is 6. The number of carbonyl (C=O) groups excluding carboxylic acids is 2. The number of amides is 2. The summed E-state index contributed by atoms with van der Waals surface area (Å²) >= 11 is 0. The summed E-state index contributed by atoms with van der Waals surface area (Å²) in [6.45, 7) is 2.32. The molecule has 3 aliphatic rings. The van der Waals surface area contributed by atoms with E-state index in [4.69, 9.17) is 9.15 Å². The van der Waals surface area contributed by atoms with Crippen molar-refractivity contribution in [2.75, 3.05) is 20.3 Å². The second kappa shape index (κ2) is 9.10. The van der Waals surface area contributed by atoms with Crippen LogP contribution in [0.15, 0.2) is 33.3 Å². The number of aliphatic hydroxyl groups is 2. The average molecular weight is 430 g/mol. The number of aliphatic hydroxyl groups excluding tert-OH is 2. The summed E-state index contributed by atoms with van der Waals surface area (Å²) in [5.74, 6) is 0.151. The minimum absolute atomic E-state index is 0.103. The normalized spacial score (nSPS) is 28.5. The lowest BCUT2D eigenvalue weighted by Crippen LogP contribution is -2.34. The molecule has 2 aliphatic heterocycles. The molecule has 7 heteroatoms. The Bertz CT molecular complexity index is 913. The summed E-state index contributed by atoms with van der Waals surface area (Å²) in [6, 6.07) is 3.63. The molecule has 4 atom stereocenters. The Morgan fingerprint density at radius 3 is 2.65 bits per heavy atom. The molecular weight excluding hydrogens is 398 g/mol. The fourth-order valence-electron chi connectivity index (χ4n) is 5.44. The van der Waals surface area contributed by atoms with Gasteiger partial charge in [-0.2, -0.15) is 0 Å². The Labute approximate surface area is 182 Å². The van der Waals surface area contributed by atoms with Crippen LogP contribution in [0.3, 0.4) is 0 Å². The fraction of sp³-hybridized carbons (Fsp3) is 0.583. The first-order valence-electron chi connectivity index (χ1n) is 11.1. The largest absolute Gasteiger partial charge is 0.459 e. The first-order valence-corrected chi connectivity index (χ1v) is 11.1. The Hall–Kier alpha value is -2.22. The number of furan rings is 1. The molecule has 168 valence electrons. The lowest BCUT2D eigenvalue weighted by atomic mass is 9.69. The van der Waals surface area contributed by atoms with E-state index in [0.29, 0.717) is 18.8 Å². The number of imide groups is 1. The highest BCUT2D eigenvalue weighted by atomic mass is 16.5. The zero-order valence-electron chi connectivity index (χ0n) is 18.2. The zero-order chi connectivity index (χ0) is 22.1. The Morgan fingerprint density at radius 1 is 1.16 bits per heavy atom. The number of likely N-dealkylation sites (tertiary alicyclic amines) is 1. The maximum atomic E-state index is 12.7. The summed E-state index contributed by atoms with van der Waals surface area (Å²) in [4.78, 5) is 26.4. The van der Waals surface area contributed by atoms with Gasteiger partial charge in [0.15, 0.2) is 0 Å². The zero-order valence-corrected chi connectivity index (χ0v) is 18.2. The molecule has 0 radical (unpaired) electrons. The lowest BCUT2D eigenvalue weighted by molar-refractivity contribution is -0.138. The van der Waals surface area contributed by atoms with E-state index in [0.717, 1.165) is 42.6 Å². The highest BCUT2D eigenvalue weighted by molar-refractivity contribution is 6.05. The van der Waals surface area contributed by atoms with E-state index in [-0.39, 0.29) is 48.9 Å². The standard InChI is InChI=1S/C24H31NO6/c1-3-4-14(9-16-6-7-17(12-27)31-16)5-8-20-21-15(11-26)10-18-22(19(21)13-30-20)24(29)25(2)23(18)28/h6-7,9,18-20,22,26-27H,3-5,8,10-13H2,1-2H3/b14-9+/t18-,19+,20-,22-/m1/s1. The maximum Gasteiger partial charge on any atom is 0.233 e. The topological polar surface area (TPSA) is 100 Å². The van der Waals surface area contributed by atoms with E-state index in [2.05, 4.69) is 6.92 Å². The van der Waals surface area contributed by atoms with Crippen molar-refractivity contribution < 1.29 is 29.0 Å². The van der Waals surface area contributed by atoms with Crippen molar-refractivity contribution in [1.82, 2.24) is 4.90 Å². The number of nitrogens with zero attached hydrogens (tertiary/aromatic N) is 1. The van der Waals surface area contributed by atoms with Crippen LogP contribution in [0.5, 0.6) is 0 Å². The molecule has 0 unspecified atom stereocenters. The van der Waals surface area contributed by atoms with Crippen LogP contribution in [-0.4, -0.2) is 53.3 Å². The predicted octanol–water partition coefficient (Wildman–Crippen LogP) is 2.67. The molecule has 3 heterocycles. The van der Waals surface area contributed by atoms with Crippen LogP contribution in [0.4, 0.5) is 0 Å². The molecule has 31 heavy (non-hydrogen) atoms. The summed E-state index contributed by atoms with van der Waals surface area (Å²) < 4.78 is 11.7. The number of fused-ring (bicyclic) bond motifs is 3. The van der Waals surface area contributed by atoms with Crippen molar-refractivity contribution in [2.24, 2.45) is 17.8 Å². The molecule has 1 aromatic heterocycles. The molecule has 4 rings (SSSR count). The molecule has 0 bridgehead atoms. The molecule has 0 spiro atoms. The summed E-state index contributed by atoms with van der Waals surface area (Å²) in [5.41, 5.74) is 3.14. The second-order valence-corrected chi connectivity index (χ2v) is 8.77. The van der Waals surface area contributed by atoms with Gasteiger partial charge in [0, 0.05) is 13.0 Å². The fourth-order valence-corrected chi connectivity index (χ4v) is 5.44. The van der Waals surface area contributed by atoms with Crippen LogP contribution in [0.1, 0.15) is 50.5 Å². The average Bonchev–Trinajstić information content (AvgIpc) is 3.46. The van der Waals surface area contributed by atoms with Crippen LogP contribution in [0, 0.1) is 17.8 Å². The molecule has 1 aromatic rings. The number of ether oxygens (including phenoxy) is 1. The summed E-state index contributed by atoms with van der Waals surface area (Å²) in [5, 5.41) is 19.2. The Balaban J connectivity index is 1.52. The Morgan fingerprint density at radius 2 is 1.97 bits per heavy atom. The van der Waals surface area contributed by atoms with Crippen molar-refractivity contribution >= 4 is 17.9 Å². The molecule has 2 fully saturated rings. The van der Waals surface area contributed by atoms with Gasteiger partial charge in [-0.05, 0) is 55.0 Å². The monoisotopic (exact) mass is 429 g/mol. The first kappa shape index (κ1) is 22.0. The third-order valence-electron chi connectivity index (χ3n) is 6.90. The van der Waals surface area contributed by atoms with E-state index in [9.17, 15) is 19.8 Å². The van der Waals surface area contributed by atoms with Crippen LogP contribution < -0.4 is 0 Å². The van der Waals surface area contributed by atoms with E-state index in [1.807, 2.05) is 12.1 Å². The van der Waals surface area contributed by atoms with Crippen LogP contribution in [0.25, 0.3) is 6.08 Å². The van der Waals surface area contributed by atoms with Crippen molar-refractivity contribution in [2.45, 2.75) is 51.7 Å². The van der Waals surface area contributed by atoms with Crippen molar-refractivity contribution in [1.29, 1.82) is 0 Å². The van der Waals surface area contributed by atoms with Crippen molar-refractivity contribution in [3.8, 4) is 0 Å². The molecule has 7 nitrogen and oxygen atoms in total. The van der Waals surface area contributed by atoms with E-state index >= 15 is 0 Å². The third-order valence-corrected chi connectivity index (χ3v) is 6.90. The van der Waals surface area contributed by atoms with Crippen LogP contribution in [0.2, 0.25) is 0 Å². The number of allylic oxidation sites excluding steroid dienone is 1. The van der Waals surface area contributed by atoms with Gasteiger partial charge in [0.2, 0.25) is 11.8 Å². The maximum absolute atomic E-state index is 12.7. The van der Waals surface area contributed by atoms with Gasteiger partial charge in [-0.15, -0.1) is 0 Å². The quantitative estimate of drug-likeness (QED) is 0.487.